The fourth-order valence-corrected chi connectivity index (χ4v) is 3.24. The molecule has 0 radical (unpaired) electrons. The molecule has 1 nitrogen and oxygen atoms in total. The minimum Gasteiger partial charge on any atom is -0.307 e. The number of benzene rings is 1. The second kappa shape index (κ2) is 6.76. The van der Waals surface area contributed by atoms with Gasteiger partial charge in [-0.3, -0.25) is 0 Å². The lowest BCUT2D eigenvalue weighted by Crippen LogP contribution is -2.30. The van der Waals surface area contributed by atoms with Crippen LogP contribution in [-0.4, -0.2) is 6.04 Å². The van der Waals surface area contributed by atoms with Crippen molar-refractivity contribution in [1.82, 2.24) is 5.32 Å². The third-order valence-corrected chi connectivity index (χ3v) is 4.70. The Morgan fingerprint density at radius 2 is 1.95 bits per heavy atom. The standard InChI is InChI=1S/C15H17Cl2NS/c1-10(8-13-4-3-7-19-13)18-11(2)12-5-6-14(16)15(17)9-12/h3-7,9-11,18H,8H2,1-2H3. The van der Waals surface area contributed by atoms with Gasteiger partial charge in [0, 0.05) is 17.0 Å². The lowest BCUT2D eigenvalue weighted by molar-refractivity contribution is 0.479. The van der Waals surface area contributed by atoms with Crippen LogP contribution < -0.4 is 5.32 Å². The third-order valence-electron chi connectivity index (χ3n) is 3.07. The Morgan fingerprint density at radius 1 is 1.16 bits per heavy atom. The monoisotopic (exact) mass is 313 g/mol. The van der Waals surface area contributed by atoms with Gasteiger partial charge in [0.05, 0.1) is 10.0 Å². The molecule has 1 heterocycles. The quantitative estimate of drug-likeness (QED) is 0.786. The van der Waals surface area contributed by atoms with Crippen molar-refractivity contribution in [3.63, 3.8) is 0 Å². The summed E-state index contributed by atoms with van der Waals surface area (Å²) in [7, 11) is 0. The highest BCUT2D eigenvalue weighted by Crippen LogP contribution is 2.26. The van der Waals surface area contributed by atoms with E-state index < -0.39 is 0 Å². The van der Waals surface area contributed by atoms with Crippen molar-refractivity contribution in [3.05, 3.63) is 56.2 Å². The second-order valence-corrected chi connectivity index (χ2v) is 6.59. The van der Waals surface area contributed by atoms with Crippen molar-refractivity contribution in [2.24, 2.45) is 0 Å². The molecule has 0 bridgehead atoms. The molecule has 2 rings (SSSR count). The normalized spacial score (nSPS) is 14.3. The third kappa shape index (κ3) is 4.22. The van der Waals surface area contributed by atoms with Crippen molar-refractivity contribution in [2.75, 3.05) is 0 Å². The minimum atomic E-state index is 0.254. The van der Waals surface area contributed by atoms with E-state index in [-0.39, 0.29) is 6.04 Å². The zero-order valence-corrected chi connectivity index (χ0v) is 13.3. The van der Waals surface area contributed by atoms with Crippen molar-refractivity contribution < 1.29 is 0 Å². The molecule has 2 unspecified atom stereocenters. The van der Waals surface area contributed by atoms with Gasteiger partial charge in [-0.15, -0.1) is 11.3 Å². The number of rotatable bonds is 5. The maximum absolute atomic E-state index is 6.05. The molecular weight excluding hydrogens is 297 g/mol. The molecular formula is C15H17Cl2NS. The molecule has 0 saturated heterocycles. The van der Waals surface area contributed by atoms with E-state index in [1.165, 1.54) is 4.88 Å². The van der Waals surface area contributed by atoms with Crippen LogP contribution in [0.3, 0.4) is 0 Å². The smallest absolute Gasteiger partial charge is 0.0595 e. The van der Waals surface area contributed by atoms with Gasteiger partial charge in [0.25, 0.3) is 0 Å². The summed E-state index contributed by atoms with van der Waals surface area (Å²) >= 11 is 13.8. The number of nitrogens with one attached hydrogen (secondary N) is 1. The Bertz CT molecular complexity index is 525. The molecule has 0 aliphatic rings. The SMILES string of the molecule is CC(Cc1cccs1)NC(C)c1ccc(Cl)c(Cl)c1. The Labute approximate surface area is 128 Å². The second-order valence-electron chi connectivity index (χ2n) is 4.75. The van der Waals surface area contributed by atoms with Crippen molar-refractivity contribution in [3.8, 4) is 0 Å². The number of halogens is 2. The van der Waals surface area contributed by atoms with E-state index >= 15 is 0 Å². The molecule has 0 aliphatic carbocycles. The van der Waals surface area contributed by atoms with Gasteiger partial charge in [0.15, 0.2) is 0 Å². The maximum Gasteiger partial charge on any atom is 0.0595 e. The van der Waals surface area contributed by atoms with Crippen LogP contribution in [0.1, 0.15) is 30.3 Å². The average molecular weight is 314 g/mol. The van der Waals surface area contributed by atoms with Crippen LogP contribution in [0.2, 0.25) is 10.0 Å². The van der Waals surface area contributed by atoms with Gasteiger partial charge in [0.2, 0.25) is 0 Å². The van der Waals surface area contributed by atoms with E-state index in [1.807, 2.05) is 18.2 Å². The van der Waals surface area contributed by atoms with Crippen LogP contribution in [0.4, 0.5) is 0 Å². The predicted octanol–water partition coefficient (Wildman–Crippen LogP) is 5.34. The summed E-state index contributed by atoms with van der Waals surface area (Å²) in [6, 6.07) is 10.7. The Morgan fingerprint density at radius 3 is 2.58 bits per heavy atom. The van der Waals surface area contributed by atoms with Gasteiger partial charge in [-0.05, 0) is 49.4 Å². The largest absolute Gasteiger partial charge is 0.307 e. The summed E-state index contributed by atoms with van der Waals surface area (Å²) in [6.07, 6.45) is 1.04. The molecule has 0 aliphatic heterocycles. The predicted molar refractivity (Wildman–Crippen MR) is 85.5 cm³/mol. The van der Waals surface area contributed by atoms with E-state index in [0.717, 1.165) is 12.0 Å². The molecule has 2 aromatic rings. The lowest BCUT2D eigenvalue weighted by atomic mass is 10.1. The van der Waals surface area contributed by atoms with Crippen LogP contribution in [0.15, 0.2) is 35.7 Å². The molecule has 19 heavy (non-hydrogen) atoms. The van der Waals surface area contributed by atoms with Crippen molar-refractivity contribution >= 4 is 34.5 Å². The molecule has 4 heteroatoms. The first-order chi connectivity index (χ1) is 9.06. The summed E-state index contributed by atoms with van der Waals surface area (Å²) in [5, 5.41) is 6.91. The van der Waals surface area contributed by atoms with Crippen LogP contribution in [-0.2, 0) is 6.42 Å². The van der Waals surface area contributed by atoms with E-state index in [0.29, 0.717) is 16.1 Å². The van der Waals surface area contributed by atoms with Crippen LogP contribution in [0.25, 0.3) is 0 Å². The fourth-order valence-electron chi connectivity index (χ4n) is 2.09. The highest BCUT2D eigenvalue weighted by atomic mass is 35.5. The van der Waals surface area contributed by atoms with Crippen LogP contribution >= 0.6 is 34.5 Å². The van der Waals surface area contributed by atoms with E-state index in [1.54, 1.807) is 11.3 Å². The highest BCUT2D eigenvalue weighted by Gasteiger charge is 2.11. The molecule has 1 aromatic carbocycles. The molecule has 0 amide bonds. The van der Waals surface area contributed by atoms with E-state index in [4.69, 9.17) is 23.2 Å². The average Bonchev–Trinajstić information content (AvgIpc) is 2.85. The number of thiophene rings is 1. The topological polar surface area (TPSA) is 12.0 Å². The minimum absolute atomic E-state index is 0.254. The Kier molecular flexibility index (Phi) is 5.28. The van der Waals surface area contributed by atoms with Crippen molar-refractivity contribution in [2.45, 2.75) is 32.4 Å². The number of hydrogen-bond donors (Lipinski definition) is 1. The highest BCUT2D eigenvalue weighted by molar-refractivity contribution is 7.09. The fraction of sp³-hybridized carbons (Fsp3) is 0.333. The van der Waals surface area contributed by atoms with Gasteiger partial charge < -0.3 is 5.32 Å². The zero-order chi connectivity index (χ0) is 13.8. The van der Waals surface area contributed by atoms with Crippen LogP contribution in [0, 0.1) is 0 Å². The molecule has 1 N–H and O–H groups in total. The molecule has 0 fully saturated rings. The van der Waals surface area contributed by atoms with Gasteiger partial charge in [-0.25, -0.2) is 0 Å². The van der Waals surface area contributed by atoms with E-state index in [2.05, 4.69) is 36.7 Å². The number of hydrogen-bond acceptors (Lipinski definition) is 2. The first-order valence-corrected chi connectivity index (χ1v) is 7.93. The first kappa shape index (κ1) is 14.9. The Balaban J connectivity index is 1.96. The zero-order valence-electron chi connectivity index (χ0n) is 11.0. The van der Waals surface area contributed by atoms with Gasteiger partial charge >= 0.3 is 0 Å². The lowest BCUT2D eigenvalue weighted by Gasteiger charge is -2.20. The molecule has 0 spiro atoms. The summed E-state index contributed by atoms with van der Waals surface area (Å²) in [4.78, 5) is 1.40. The first-order valence-electron chi connectivity index (χ1n) is 6.29. The summed E-state index contributed by atoms with van der Waals surface area (Å²) < 4.78 is 0. The maximum atomic E-state index is 6.05. The molecule has 102 valence electrons. The molecule has 0 saturated carbocycles. The Hall–Kier alpha value is -0.540. The van der Waals surface area contributed by atoms with Crippen LogP contribution in [0.5, 0.6) is 0 Å². The van der Waals surface area contributed by atoms with Gasteiger partial charge in [0.1, 0.15) is 0 Å². The van der Waals surface area contributed by atoms with Gasteiger partial charge in [-0.2, -0.15) is 0 Å². The summed E-state index contributed by atoms with van der Waals surface area (Å²) in [6.45, 7) is 4.35. The summed E-state index contributed by atoms with van der Waals surface area (Å²) in [5.41, 5.74) is 1.16. The van der Waals surface area contributed by atoms with Gasteiger partial charge in [-0.1, -0.05) is 35.3 Å². The summed E-state index contributed by atoms with van der Waals surface area (Å²) in [5.74, 6) is 0. The molecule has 1 aromatic heterocycles. The molecule has 2 atom stereocenters. The van der Waals surface area contributed by atoms with Crippen molar-refractivity contribution in [1.29, 1.82) is 0 Å². The van der Waals surface area contributed by atoms with E-state index in [9.17, 15) is 0 Å².